The van der Waals surface area contributed by atoms with E-state index in [0.717, 1.165) is 36.8 Å². The Morgan fingerprint density at radius 1 is 1.38 bits per heavy atom. The summed E-state index contributed by atoms with van der Waals surface area (Å²) in [6.07, 6.45) is 7.49. The van der Waals surface area contributed by atoms with E-state index < -0.39 is 5.60 Å². The van der Waals surface area contributed by atoms with E-state index in [2.05, 4.69) is 12.2 Å². The van der Waals surface area contributed by atoms with Gasteiger partial charge in [0.2, 0.25) is 0 Å². The lowest BCUT2D eigenvalue weighted by molar-refractivity contribution is 0.0289. The summed E-state index contributed by atoms with van der Waals surface area (Å²) in [5.41, 5.74) is -0.418. The number of thioether (sulfide) groups is 1. The zero-order valence-corrected chi connectivity index (χ0v) is 11.2. The molecule has 2 nitrogen and oxygen atoms in total. The van der Waals surface area contributed by atoms with Crippen LogP contribution in [0.15, 0.2) is 0 Å². The fourth-order valence-electron chi connectivity index (χ4n) is 2.60. The number of nitrogens with one attached hydrogen (secondary N) is 1. The minimum absolute atomic E-state index is 0.418. The molecule has 1 saturated carbocycles. The summed E-state index contributed by atoms with van der Waals surface area (Å²) in [7, 11) is 0. The molecular weight excluding hydrogens is 218 g/mol. The van der Waals surface area contributed by atoms with Crippen LogP contribution in [-0.4, -0.2) is 34.8 Å². The Kier molecular flexibility index (Phi) is 4.57. The molecule has 1 aliphatic carbocycles. The van der Waals surface area contributed by atoms with Crippen LogP contribution in [0.1, 0.15) is 45.4 Å². The van der Waals surface area contributed by atoms with Crippen molar-refractivity contribution < 1.29 is 5.11 Å². The summed E-state index contributed by atoms with van der Waals surface area (Å²) < 4.78 is 0. The fourth-order valence-corrected chi connectivity index (χ4v) is 3.86. The summed E-state index contributed by atoms with van der Waals surface area (Å²) in [5.74, 6) is 3.20. The van der Waals surface area contributed by atoms with Crippen LogP contribution in [0.4, 0.5) is 0 Å². The molecule has 16 heavy (non-hydrogen) atoms. The largest absolute Gasteiger partial charge is 0.389 e. The Morgan fingerprint density at radius 2 is 2.06 bits per heavy atom. The fraction of sp³-hybridized carbons (Fsp3) is 1.00. The smallest absolute Gasteiger partial charge is 0.0787 e. The van der Waals surface area contributed by atoms with Crippen LogP contribution in [0.25, 0.3) is 0 Å². The van der Waals surface area contributed by atoms with Gasteiger partial charge in [0.05, 0.1) is 5.60 Å². The maximum atomic E-state index is 10.3. The molecule has 0 aromatic rings. The van der Waals surface area contributed by atoms with Gasteiger partial charge in [0.25, 0.3) is 0 Å². The second kappa shape index (κ2) is 5.74. The summed E-state index contributed by atoms with van der Waals surface area (Å²) in [5, 5.41) is 13.9. The normalized spacial score (nSPS) is 27.4. The lowest BCUT2D eigenvalue weighted by Crippen LogP contribution is -2.46. The molecule has 2 rings (SSSR count). The van der Waals surface area contributed by atoms with Gasteiger partial charge in [-0.3, -0.25) is 0 Å². The monoisotopic (exact) mass is 243 g/mol. The lowest BCUT2D eigenvalue weighted by atomic mass is 9.81. The van der Waals surface area contributed by atoms with Crippen molar-refractivity contribution in [2.24, 2.45) is 5.92 Å². The average Bonchev–Trinajstić information content (AvgIpc) is 2.22. The molecule has 0 radical (unpaired) electrons. The van der Waals surface area contributed by atoms with Crippen LogP contribution in [0.3, 0.4) is 0 Å². The Bertz CT molecular complexity index is 212. The van der Waals surface area contributed by atoms with E-state index in [1.807, 2.05) is 11.8 Å². The van der Waals surface area contributed by atoms with Crippen LogP contribution in [0.5, 0.6) is 0 Å². The molecule has 2 fully saturated rings. The standard InChI is InChI=1S/C13H25NOS/c1-11(9-12-3-2-4-12)14-10-13(15)5-7-16-8-6-13/h11-12,14-15H,2-10H2,1H3. The Balaban J connectivity index is 1.64. The third-order valence-corrected chi connectivity index (χ3v) is 5.10. The van der Waals surface area contributed by atoms with Crippen LogP contribution < -0.4 is 5.32 Å². The van der Waals surface area contributed by atoms with Gasteiger partial charge >= 0.3 is 0 Å². The predicted molar refractivity (Wildman–Crippen MR) is 70.9 cm³/mol. The summed E-state index contributed by atoms with van der Waals surface area (Å²) in [4.78, 5) is 0. The third kappa shape index (κ3) is 3.64. The van der Waals surface area contributed by atoms with Gasteiger partial charge in [-0.1, -0.05) is 19.3 Å². The molecule has 2 N–H and O–H groups in total. The van der Waals surface area contributed by atoms with E-state index in [-0.39, 0.29) is 0 Å². The summed E-state index contributed by atoms with van der Waals surface area (Å²) in [6, 6.07) is 0.573. The van der Waals surface area contributed by atoms with Gasteiger partial charge in [-0.15, -0.1) is 0 Å². The molecule has 1 heterocycles. The van der Waals surface area contributed by atoms with Gasteiger partial charge in [0.1, 0.15) is 0 Å². The maximum absolute atomic E-state index is 10.3. The van der Waals surface area contributed by atoms with E-state index in [1.54, 1.807) is 0 Å². The SMILES string of the molecule is CC(CC1CCC1)NCC1(O)CCSCC1. The van der Waals surface area contributed by atoms with Gasteiger partial charge < -0.3 is 10.4 Å². The van der Waals surface area contributed by atoms with Crippen molar-refractivity contribution in [3.8, 4) is 0 Å². The number of rotatable bonds is 5. The van der Waals surface area contributed by atoms with Crippen LogP contribution in [-0.2, 0) is 0 Å². The van der Waals surface area contributed by atoms with E-state index in [0.29, 0.717) is 6.04 Å². The van der Waals surface area contributed by atoms with Crippen LogP contribution in [0, 0.1) is 5.92 Å². The minimum atomic E-state index is -0.418. The summed E-state index contributed by atoms with van der Waals surface area (Å²) >= 11 is 1.97. The number of aliphatic hydroxyl groups is 1. The first-order valence-corrected chi connectivity index (χ1v) is 7.87. The van der Waals surface area contributed by atoms with Crippen molar-refractivity contribution in [1.82, 2.24) is 5.32 Å². The number of hydrogen-bond donors (Lipinski definition) is 2. The second-order valence-corrected chi connectivity index (χ2v) is 6.88. The molecule has 0 aromatic heterocycles. The molecule has 1 unspecified atom stereocenters. The molecule has 2 aliphatic rings. The highest BCUT2D eigenvalue weighted by Crippen LogP contribution is 2.31. The molecule has 0 aromatic carbocycles. The van der Waals surface area contributed by atoms with Gasteiger partial charge in [-0.2, -0.15) is 11.8 Å². The molecule has 1 saturated heterocycles. The predicted octanol–water partition coefficient (Wildman–Crippen LogP) is 2.41. The third-order valence-electron chi connectivity index (χ3n) is 4.11. The molecule has 0 spiro atoms. The van der Waals surface area contributed by atoms with E-state index >= 15 is 0 Å². The second-order valence-electron chi connectivity index (χ2n) is 5.65. The molecule has 0 bridgehead atoms. The van der Waals surface area contributed by atoms with Gasteiger partial charge in [0, 0.05) is 12.6 Å². The molecule has 1 aliphatic heterocycles. The van der Waals surface area contributed by atoms with Gasteiger partial charge in [0.15, 0.2) is 0 Å². The summed E-state index contributed by atoms with van der Waals surface area (Å²) in [6.45, 7) is 3.06. The van der Waals surface area contributed by atoms with Crippen LogP contribution in [0.2, 0.25) is 0 Å². The quantitative estimate of drug-likeness (QED) is 0.778. The lowest BCUT2D eigenvalue weighted by Gasteiger charge is -2.34. The molecular formula is C13H25NOS. The average molecular weight is 243 g/mol. The Hall–Kier alpha value is 0.270. The maximum Gasteiger partial charge on any atom is 0.0787 e. The van der Waals surface area contributed by atoms with Crippen molar-refractivity contribution in [1.29, 1.82) is 0 Å². The van der Waals surface area contributed by atoms with Gasteiger partial charge in [-0.25, -0.2) is 0 Å². The molecule has 94 valence electrons. The highest BCUT2D eigenvalue weighted by atomic mass is 32.2. The van der Waals surface area contributed by atoms with Crippen molar-refractivity contribution in [2.75, 3.05) is 18.1 Å². The van der Waals surface area contributed by atoms with E-state index in [4.69, 9.17) is 0 Å². The molecule has 0 amide bonds. The Labute approximate surface area is 104 Å². The highest BCUT2D eigenvalue weighted by Gasteiger charge is 2.30. The van der Waals surface area contributed by atoms with Crippen molar-refractivity contribution in [3.63, 3.8) is 0 Å². The topological polar surface area (TPSA) is 32.3 Å². The minimum Gasteiger partial charge on any atom is -0.389 e. The number of hydrogen-bond acceptors (Lipinski definition) is 3. The highest BCUT2D eigenvalue weighted by molar-refractivity contribution is 7.99. The molecule has 3 heteroatoms. The first kappa shape index (κ1) is 12.7. The zero-order valence-electron chi connectivity index (χ0n) is 10.4. The van der Waals surface area contributed by atoms with E-state index in [9.17, 15) is 5.11 Å². The molecule has 1 atom stereocenters. The van der Waals surface area contributed by atoms with Gasteiger partial charge in [-0.05, 0) is 43.6 Å². The zero-order chi connectivity index (χ0) is 11.4. The van der Waals surface area contributed by atoms with Crippen molar-refractivity contribution in [3.05, 3.63) is 0 Å². The first-order chi connectivity index (χ1) is 7.68. The first-order valence-electron chi connectivity index (χ1n) is 6.71. The van der Waals surface area contributed by atoms with E-state index in [1.165, 1.54) is 25.7 Å². The Morgan fingerprint density at radius 3 is 2.62 bits per heavy atom. The van der Waals surface area contributed by atoms with Crippen molar-refractivity contribution >= 4 is 11.8 Å². The van der Waals surface area contributed by atoms with Crippen molar-refractivity contribution in [2.45, 2.75) is 57.1 Å². The van der Waals surface area contributed by atoms with Crippen LogP contribution >= 0.6 is 11.8 Å².